The Morgan fingerprint density at radius 1 is 1.07 bits per heavy atom. The number of aryl methyl sites for hydroxylation is 1. The number of likely N-dealkylation sites (tertiary alicyclic amines) is 1. The van der Waals surface area contributed by atoms with Gasteiger partial charge in [-0.25, -0.2) is 14.8 Å². The number of amides is 3. The molecule has 12 heteroatoms. The van der Waals surface area contributed by atoms with Gasteiger partial charge < -0.3 is 30.6 Å². The summed E-state index contributed by atoms with van der Waals surface area (Å²) in [7, 11) is 1.45. The van der Waals surface area contributed by atoms with Crippen molar-refractivity contribution in [3.05, 3.63) is 84.3 Å². The van der Waals surface area contributed by atoms with Crippen LogP contribution in [0.5, 0.6) is 0 Å². The van der Waals surface area contributed by atoms with Crippen molar-refractivity contribution in [1.29, 1.82) is 0 Å². The summed E-state index contributed by atoms with van der Waals surface area (Å²) in [4.78, 5) is 56.2. The van der Waals surface area contributed by atoms with Gasteiger partial charge in [0.05, 0.1) is 38.2 Å². The lowest BCUT2D eigenvalue weighted by molar-refractivity contribution is -0.278. The van der Waals surface area contributed by atoms with E-state index in [2.05, 4.69) is 15.6 Å². The smallest absolute Gasteiger partial charge is 0.250 e. The molecule has 0 saturated carbocycles. The second-order valence-corrected chi connectivity index (χ2v) is 11.8. The number of nitrogens with two attached hydrogens (primary N) is 1. The predicted molar refractivity (Wildman–Crippen MR) is 169 cm³/mol. The third-order valence-corrected chi connectivity index (χ3v) is 7.69. The summed E-state index contributed by atoms with van der Waals surface area (Å²) >= 11 is 0. The molecule has 2 heterocycles. The highest BCUT2D eigenvalue weighted by atomic mass is 17.2. The Kier molecular flexibility index (Phi) is 12.2. The summed E-state index contributed by atoms with van der Waals surface area (Å²) in [5.74, 6) is -0.823. The number of nitrogens with zero attached hydrogens (tertiary/aromatic N) is 3. The van der Waals surface area contributed by atoms with Gasteiger partial charge >= 0.3 is 0 Å². The molecule has 3 amide bonds. The molecular weight excluding hydrogens is 576 g/mol. The van der Waals surface area contributed by atoms with Crippen LogP contribution in [-0.4, -0.2) is 76.7 Å². The second kappa shape index (κ2) is 16.3. The van der Waals surface area contributed by atoms with Crippen molar-refractivity contribution in [3.8, 4) is 0 Å². The SMILES string of the molecule is COOCC1CCCN1C(=O)C(CCc1ccccc1)n1cnc(NC(=O)C(COCc2ccccc2)NC(=O)C(C)(C)N)c1. The minimum absolute atomic E-state index is 0.0481. The molecular formula is C33H44N6O6. The van der Waals surface area contributed by atoms with Crippen molar-refractivity contribution in [2.75, 3.05) is 32.2 Å². The predicted octanol–water partition coefficient (Wildman–Crippen LogP) is 3.00. The number of carbonyl (C=O) groups excluding carboxylic acids is 3. The number of benzene rings is 2. The van der Waals surface area contributed by atoms with Crippen LogP contribution in [0, 0.1) is 0 Å². The molecule has 0 aliphatic carbocycles. The van der Waals surface area contributed by atoms with Crippen LogP contribution in [0.15, 0.2) is 73.2 Å². The van der Waals surface area contributed by atoms with E-state index < -0.39 is 29.4 Å². The first-order valence-electron chi connectivity index (χ1n) is 15.2. The van der Waals surface area contributed by atoms with Crippen LogP contribution in [-0.2, 0) is 41.9 Å². The maximum atomic E-state index is 13.9. The zero-order valence-electron chi connectivity index (χ0n) is 26.2. The average molecular weight is 621 g/mol. The number of carbonyl (C=O) groups is 3. The van der Waals surface area contributed by atoms with Gasteiger partial charge in [0.25, 0.3) is 5.91 Å². The van der Waals surface area contributed by atoms with E-state index in [-0.39, 0.29) is 37.6 Å². The molecule has 1 saturated heterocycles. The van der Waals surface area contributed by atoms with Gasteiger partial charge in [-0.05, 0) is 50.7 Å². The molecule has 3 aromatic rings. The lowest BCUT2D eigenvalue weighted by atomic mass is 10.0. The third-order valence-electron chi connectivity index (χ3n) is 7.69. The summed E-state index contributed by atoms with van der Waals surface area (Å²) in [5, 5.41) is 5.46. The summed E-state index contributed by atoms with van der Waals surface area (Å²) in [6, 6.07) is 17.8. The number of nitrogens with one attached hydrogen (secondary N) is 2. The van der Waals surface area contributed by atoms with E-state index in [4.69, 9.17) is 20.2 Å². The Morgan fingerprint density at radius 3 is 2.42 bits per heavy atom. The molecule has 3 unspecified atom stereocenters. The molecule has 45 heavy (non-hydrogen) atoms. The number of anilines is 1. The number of aromatic nitrogens is 2. The molecule has 242 valence electrons. The summed E-state index contributed by atoms with van der Waals surface area (Å²) in [6.07, 6.45) is 6.08. The van der Waals surface area contributed by atoms with Gasteiger partial charge in [-0.1, -0.05) is 60.7 Å². The quantitative estimate of drug-likeness (QED) is 0.163. The van der Waals surface area contributed by atoms with E-state index in [9.17, 15) is 14.4 Å². The molecule has 0 radical (unpaired) electrons. The van der Waals surface area contributed by atoms with Crippen molar-refractivity contribution in [1.82, 2.24) is 19.8 Å². The fourth-order valence-electron chi connectivity index (χ4n) is 5.17. The number of hydrogen-bond donors (Lipinski definition) is 3. The summed E-state index contributed by atoms with van der Waals surface area (Å²) < 4.78 is 7.52. The first kappa shape index (κ1) is 33.8. The van der Waals surface area contributed by atoms with Crippen molar-refractivity contribution in [3.63, 3.8) is 0 Å². The number of hydrogen-bond acceptors (Lipinski definition) is 8. The molecule has 3 atom stereocenters. The van der Waals surface area contributed by atoms with Crippen LogP contribution in [0.2, 0.25) is 0 Å². The van der Waals surface area contributed by atoms with E-state index >= 15 is 0 Å². The monoisotopic (exact) mass is 620 g/mol. The molecule has 1 aliphatic heterocycles. The Hall–Kier alpha value is -4.10. The Labute approximate surface area is 264 Å². The fraction of sp³-hybridized carbons (Fsp3) is 0.455. The summed E-state index contributed by atoms with van der Waals surface area (Å²) in [5.41, 5.74) is 6.82. The highest BCUT2D eigenvalue weighted by Gasteiger charge is 2.35. The molecule has 1 fully saturated rings. The summed E-state index contributed by atoms with van der Waals surface area (Å²) in [6.45, 7) is 4.21. The molecule has 12 nitrogen and oxygen atoms in total. The molecule has 2 aromatic carbocycles. The Bertz CT molecular complexity index is 1380. The molecule has 1 aliphatic rings. The van der Waals surface area contributed by atoms with Crippen molar-refractivity contribution >= 4 is 23.5 Å². The van der Waals surface area contributed by atoms with Crippen LogP contribution in [0.1, 0.15) is 50.3 Å². The van der Waals surface area contributed by atoms with Crippen LogP contribution in [0.25, 0.3) is 0 Å². The van der Waals surface area contributed by atoms with Gasteiger partial charge in [-0.2, -0.15) is 0 Å². The first-order chi connectivity index (χ1) is 21.7. The van der Waals surface area contributed by atoms with Crippen LogP contribution in [0.3, 0.4) is 0 Å². The number of imidazole rings is 1. The van der Waals surface area contributed by atoms with Gasteiger partial charge in [0.1, 0.15) is 18.7 Å². The molecule has 4 N–H and O–H groups in total. The van der Waals surface area contributed by atoms with Crippen LogP contribution >= 0.6 is 0 Å². The van der Waals surface area contributed by atoms with Gasteiger partial charge in [-0.3, -0.25) is 14.4 Å². The zero-order chi connectivity index (χ0) is 32.2. The van der Waals surface area contributed by atoms with Crippen molar-refractivity contribution in [2.45, 2.75) is 69.8 Å². The maximum Gasteiger partial charge on any atom is 0.250 e. The molecule has 0 spiro atoms. The lowest BCUT2D eigenvalue weighted by Gasteiger charge is -2.29. The number of rotatable bonds is 16. The topological polar surface area (TPSA) is 150 Å². The normalized spacial score (nSPS) is 16.3. The lowest BCUT2D eigenvalue weighted by Crippen LogP contribution is -2.56. The van der Waals surface area contributed by atoms with Gasteiger partial charge in [0.2, 0.25) is 11.8 Å². The number of ether oxygens (including phenoxy) is 1. The second-order valence-electron chi connectivity index (χ2n) is 11.8. The van der Waals surface area contributed by atoms with E-state index in [0.29, 0.717) is 19.4 Å². The molecule has 0 bridgehead atoms. The van der Waals surface area contributed by atoms with Gasteiger partial charge in [0, 0.05) is 12.7 Å². The third kappa shape index (κ3) is 9.95. The standard InChI is InChI=1S/C33H44N6O6/c1-33(2,34)32(42)36-27(22-44-20-25-13-8-5-9-14-25)30(40)37-29-19-38(23-35-29)28(17-16-24-11-6-4-7-12-24)31(41)39-18-10-15-26(39)21-45-43-3/h4-9,11-14,19,23,26-28H,10,15-18,20-22,34H2,1-3H3,(H,36,42)(H,37,40). The van der Waals surface area contributed by atoms with Crippen molar-refractivity contribution in [2.24, 2.45) is 5.73 Å². The first-order valence-corrected chi connectivity index (χ1v) is 15.2. The fourth-order valence-corrected chi connectivity index (χ4v) is 5.17. The van der Waals surface area contributed by atoms with E-state index in [0.717, 1.165) is 24.0 Å². The zero-order valence-corrected chi connectivity index (χ0v) is 26.2. The Balaban J connectivity index is 1.48. The van der Waals surface area contributed by atoms with E-state index in [1.54, 1.807) is 30.9 Å². The van der Waals surface area contributed by atoms with Gasteiger partial charge in [0.15, 0.2) is 5.82 Å². The van der Waals surface area contributed by atoms with Crippen molar-refractivity contribution < 1.29 is 28.9 Å². The van der Waals surface area contributed by atoms with E-state index in [1.807, 2.05) is 65.6 Å². The largest absolute Gasteiger partial charge is 0.374 e. The van der Waals surface area contributed by atoms with Crippen LogP contribution in [0.4, 0.5) is 5.82 Å². The molecule has 1 aromatic heterocycles. The van der Waals surface area contributed by atoms with E-state index in [1.165, 1.54) is 7.11 Å². The maximum absolute atomic E-state index is 13.9. The highest BCUT2D eigenvalue weighted by molar-refractivity contribution is 5.98. The molecule has 4 rings (SSSR count). The minimum Gasteiger partial charge on any atom is -0.374 e. The highest BCUT2D eigenvalue weighted by Crippen LogP contribution is 2.26. The average Bonchev–Trinajstić information content (AvgIpc) is 3.70. The van der Waals surface area contributed by atoms with Gasteiger partial charge in [-0.15, -0.1) is 0 Å². The Morgan fingerprint density at radius 2 is 1.76 bits per heavy atom. The minimum atomic E-state index is -1.20. The van der Waals surface area contributed by atoms with Crippen LogP contribution < -0.4 is 16.4 Å².